The van der Waals surface area contributed by atoms with Crippen LogP contribution in [0.3, 0.4) is 0 Å². The Morgan fingerprint density at radius 1 is 1.00 bits per heavy atom. The molecule has 5 rings (SSSR count). The van der Waals surface area contributed by atoms with Gasteiger partial charge in [-0.05, 0) is 92.7 Å². The lowest BCUT2D eigenvalue weighted by Gasteiger charge is -2.31. The number of carbonyl (C=O) groups is 2. The summed E-state index contributed by atoms with van der Waals surface area (Å²) in [5.41, 5.74) is 3.55. The number of rotatable bonds is 13. The van der Waals surface area contributed by atoms with Crippen LogP contribution in [0, 0.1) is 5.92 Å². The maximum atomic E-state index is 13.4. The highest BCUT2D eigenvalue weighted by Gasteiger charge is 2.32. The summed E-state index contributed by atoms with van der Waals surface area (Å²) in [5, 5.41) is 30.8. The highest BCUT2D eigenvalue weighted by Crippen LogP contribution is 2.39. The first-order valence-electron chi connectivity index (χ1n) is 14.6. The quantitative estimate of drug-likeness (QED) is 0.233. The zero-order valence-electron chi connectivity index (χ0n) is 23.2. The molecule has 2 aliphatic carbocycles. The first-order chi connectivity index (χ1) is 19.9. The van der Waals surface area contributed by atoms with Gasteiger partial charge in [0.25, 0.3) is 0 Å². The van der Waals surface area contributed by atoms with Crippen molar-refractivity contribution in [2.75, 3.05) is 0 Å². The van der Waals surface area contributed by atoms with Crippen LogP contribution in [0.2, 0.25) is 0 Å². The fourth-order valence-electron chi connectivity index (χ4n) is 6.07. The average Bonchev–Trinajstić information content (AvgIpc) is 3.65. The summed E-state index contributed by atoms with van der Waals surface area (Å²) < 4.78 is 5.98. The average molecular weight is 557 g/mol. The number of allylic oxidation sites excluding steroid dienone is 1. The number of Topliss-reactive ketones (excluding diaryl/α,β-unsaturated/α-hetero) is 2. The minimum Gasteiger partial charge on any atom is -0.664 e. The third-order valence-corrected chi connectivity index (χ3v) is 8.32. The second kappa shape index (κ2) is 13.2. The molecule has 2 aliphatic rings. The lowest BCUT2D eigenvalue weighted by molar-refractivity contribution is -0.128. The lowest BCUT2D eigenvalue weighted by Crippen LogP contribution is -2.28. The van der Waals surface area contributed by atoms with Gasteiger partial charge in [-0.3, -0.25) is 9.59 Å². The molecule has 216 valence electrons. The molecule has 3 aromatic rings. The van der Waals surface area contributed by atoms with Gasteiger partial charge < -0.3 is 25.0 Å². The first kappa shape index (κ1) is 28.7. The van der Waals surface area contributed by atoms with Crippen molar-refractivity contribution < 1.29 is 29.6 Å². The maximum Gasteiger partial charge on any atom is 0.161 e. The summed E-state index contributed by atoms with van der Waals surface area (Å²) in [6, 6.07) is 14.1. The highest BCUT2D eigenvalue weighted by atomic mass is 16.5. The molecule has 3 N–H and O–H groups in total. The van der Waals surface area contributed by atoms with E-state index in [0.29, 0.717) is 31.4 Å². The second-order valence-electron chi connectivity index (χ2n) is 11.4. The molecule has 0 radical (unpaired) electrons. The van der Waals surface area contributed by atoms with Crippen molar-refractivity contribution in [3.05, 3.63) is 83.2 Å². The number of aromatic nitrogens is 1. The van der Waals surface area contributed by atoms with E-state index in [2.05, 4.69) is 4.98 Å². The number of benzene rings is 2. The Morgan fingerprint density at radius 2 is 1.80 bits per heavy atom. The molecule has 1 fully saturated rings. The molecule has 3 unspecified atom stereocenters. The molecular weight excluding hydrogens is 518 g/mol. The Labute approximate surface area is 240 Å². The Bertz CT molecular complexity index is 1390. The molecular formula is C34H38NO6-. The van der Waals surface area contributed by atoms with Gasteiger partial charge in [-0.2, -0.15) is 6.20 Å². The fourth-order valence-corrected chi connectivity index (χ4v) is 6.07. The van der Waals surface area contributed by atoms with E-state index in [-0.39, 0.29) is 47.9 Å². The zero-order valence-corrected chi connectivity index (χ0v) is 23.2. The van der Waals surface area contributed by atoms with Crippen molar-refractivity contribution in [2.24, 2.45) is 5.92 Å². The number of ketones is 2. The molecule has 1 heterocycles. The third-order valence-electron chi connectivity index (χ3n) is 8.32. The van der Waals surface area contributed by atoms with Crippen molar-refractivity contribution in [3.63, 3.8) is 0 Å². The van der Waals surface area contributed by atoms with Crippen molar-refractivity contribution in [2.45, 2.75) is 82.3 Å². The van der Waals surface area contributed by atoms with Crippen LogP contribution in [0.15, 0.2) is 60.8 Å². The molecule has 1 aromatic heterocycles. The van der Waals surface area contributed by atoms with E-state index in [0.717, 1.165) is 48.1 Å². The summed E-state index contributed by atoms with van der Waals surface area (Å²) in [6.45, 7) is 0. The van der Waals surface area contributed by atoms with E-state index in [1.54, 1.807) is 42.6 Å². The first-order valence-corrected chi connectivity index (χ1v) is 14.6. The maximum absolute atomic E-state index is 13.4. The summed E-state index contributed by atoms with van der Waals surface area (Å²) >= 11 is 0. The minimum atomic E-state index is -0.655. The molecule has 0 spiro atoms. The number of aromatic hydroxyl groups is 2. The normalized spacial score (nSPS) is 19.1. The number of aryl methyl sites for hydroxylation is 2. The molecule has 0 saturated heterocycles. The molecule has 3 atom stereocenters. The van der Waals surface area contributed by atoms with Gasteiger partial charge in [-0.15, -0.1) is 5.69 Å². The largest absolute Gasteiger partial charge is 0.664 e. The van der Waals surface area contributed by atoms with Crippen molar-refractivity contribution in [1.29, 1.82) is 0 Å². The number of nitrogens with zero attached hydrogens (tertiary/aromatic N) is 1. The predicted octanol–water partition coefficient (Wildman–Crippen LogP) is 5.65. The van der Waals surface area contributed by atoms with Gasteiger partial charge >= 0.3 is 0 Å². The number of aliphatic hydroxyl groups is 1. The van der Waals surface area contributed by atoms with E-state index >= 15 is 0 Å². The van der Waals surface area contributed by atoms with Crippen molar-refractivity contribution >= 4 is 17.6 Å². The predicted molar refractivity (Wildman–Crippen MR) is 156 cm³/mol. The van der Waals surface area contributed by atoms with Crippen LogP contribution in [0.25, 0.3) is 6.08 Å². The van der Waals surface area contributed by atoms with Gasteiger partial charge in [0.1, 0.15) is 17.3 Å². The van der Waals surface area contributed by atoms with Gasteiger partial charge in [-0.25, -0.2) is 0 Å². The minimum absolute atomic E-state index is 0.0998. The van der Waals surface area contributed by atoms with Gasteiger partial charge in [0, 0.05) is 12.3 Å². The van der Waals surface area contributed by atoms with E-state index < -0.39 is 12.0 Å². The number of fused-ring (bicyclic) bond motifs is 1. The molecule has 0 bridgehead atoms. The fraction of sp³-hybridized carbons (Fsp3) is 0.412. The summed E-state index contributed by atoms with van der Waals surface area (Å²) in [7, 11) is 0. The Morgan fingerprint density at radius 3 is 2.61 bits per heavy atom. The molecule has 0 aliphatic heterocycles. The molecule has 7 heteroatoms. The van der Waals surface area contributed by atoms with Crippen LogP contribution in [-0.4, -0.2) is 39.1 Å². The van der Waals surface area contributed by atoms with Crippen molar-refractivity contribution in [1.82, 2.24) is 4.98 Å². The number of ether oxygens (including phenoxy) is 1. The molecule has 2 aromatic carbocycles. The smallest absolute Gasteiger partial charge is 0.161 e. The van der Waals surface area contributed by atoms with Crippen LogP contribution >= 0.6 is 0 Å². The Kier molecular flexibility index (Phi) is 9.24. The van der Waals surface area contributed by atoms with E-state index in [1.165, 1.54) is 0 Å². The number of aliphatic hydroxyl groups excluding tert-OH is 1. The van der Waals surface area contributed by atoms with E-state index in [4.69, 9.17) is 4.74 Å². The van der Waals surface area contributed by atoms with Crippen molar-refractivity contribution in [3.8, 4) is 17.2 Å². The Hall–Kier alpha value is -3.84. The standard InChI is InChI=1S/C34H38NO6/c36-24-5-3-4-22(18-24)8-11-25(37)20-30-28-16-17-35-31(28)14-13-29(30)33(40)21-26(38)12-9-23-10-15-32(39)34(19-23)41-27-6-1-2-7-27/h3-5,10,13-19,25,27,29-30,36-37,39H,1-2,6-9,11-12,20-21H2/q-1. The van der Waals surface area contributed by atoms with Crippen LogP contribution in [-0.2, 0) is 22.4 Å². The summed E-state index contributed by atoms with van der Waals surface area (Å²) in [4.78, 5) is 30.7. The molecule has 41 heavy (non-hydrogen) atoms. The SMILES string of the molecule is O=C(CCc1ccc(O)c(OC2CCCC2)c1)CC(=O)C1C=Cc2[n-]ccc2C1CC(O)CCc1cccc(O)c1. The third kappa shape index (κ3) is 7.47. The monoisotopic (exact) mass is 556 g/mol. The molecule has 7 nitrogen and oxygen atoms in total. The lowest BCUT2D eigenvalue weighted by atomic mass is 9.75. The molecule has 0 amide bonds. The van der Waals surface area contributed by atoms with Gasteiger partial charge in [-0.1, -0.05) is 42.0 Å². The van der Waals surface area contributed by atoms with Crippen LogP contribution in [0.4, 0.5) is 0 Å². The number of phenolic OH excluding ortho intramolecular Hbond substituents is 2. The van der Waals surface area contributed by atoms with E-state index in [1.807, 2.05) is 24.3 Å². The number of phenols is 2. The van der Waals surface area contributed by atoms with Gasteiger partial charge in [0.05, 0.1) is 18.6 Å². The van der Waals surface area contributed by atoms with Crippen LogP contribution < -0.4 is 9.72 Å². The van der Waals surface area contributed by atoms with Gasteiger partial charge in [0.2, 0.25) is 0 Å². The summed E-state index contributed by atoms with van der Waals surface area (Å²) in [5.74, 6) is -0.308. The second-order valence-corrected chi connectivity index (χ2v) is 11.4. The van der Waals surface area contributed by atoms with Gasteiger partial charge in [0.15, 0.2) is 11.5 Å². The zero-order chi connectivity index (χ0) is 28.8. The number of hydrogen-bond donors (Lipinski definition) is 3. The number of hydrogen-bond acceptors (Lipinski definition) is 6. The van der Waals surface area contributed by atoms with E-state index in [9.17, 15) is 24.9 Å². The Balaban J connectivity index is 1.17. The van der Waals surface area contributed by atoms with Crippen LogP contribution in [0.1, 0.15) is 79.7 Å². The highest BCUT2D eigenvalue weighted by molar-refractivity contribution is 6.01. The van der Waals surface area contributed by atoms with Crippen LogP contribution in [0.5, 0.6) is 17.2 Å². The topological polar surface area (TPSA) is 118 Å². The molecule has 1 saturated carbocycles. The number of carbonyl (C=O) groups excluding carboxylic acids is 2. The summed E-state index contributed by atoms with van der Waals surface area (Å²) in [6.07, 6.45) is 11.0.